The van der Waals surface area contributed by atoms with Gasteiger partial charge in [-0.3, -0.25) is 0 Å². The number of halogens is 1. The van der Waals surface area contributed by atoms with E-state index in [0.717, 1.165) is 38.9 Å². The Morgan fingerprint density at radius 1 is 1.17 bits per heavy atom. The predicted molar refractivity (Wildman–Crippen MR) is 79.7 cm³/mol. The molecule has 1 N–H and O–H groups in total. The van der Waals surface area contributed by atoms with Crippen molar-refractivity contribution in [1.82, 2.24) is 9.97 Å². The Bertz CT molecular complexity index is 584. The van der Waals surface area contributed by atoms with Gasteiger partial charge < -0.3 is 5.32 Å². The first-order chi connectivity index (χ1) is 8.78. The van der Waals surface area contributed by atoms with Gasteiger partial charge in [0.2, 0.25) is 0 Å². The van der Waals surface area contributed by atoms with Crippen molar-refractivity contribution in [2.75, 3.05) is 12.4 Å². The third-order valence-electron chi connectivity index (χ3n) is 2.92. The predicted octanol–water partition coefficient (Wildman–Crippen LogP) is 3.69. The molecule has 5 heteroatoms. The molecule has 92 valence electrons. The van der Waals surface area contributed by atoms with Gasteiger partial charge in [-0.2, -0.15) is 11.8 Å². The van der Waals surface area contributed by atoms with Gasteiger partial charge >= 0.3 is 0 Å². The molecule has 3 rings (SSSR count). The van der Waals surface area contributed by atoms with Crippen molar-refractivity contribution in [2.24, 2.45) is 0 Å². The number of nitrogens with one attached hydrogen (secondary N) is 1. The summed E-state index contributed by atoms with van der Waals surface area (Å²) in [5.41, 5.74) is 3.47. The number of hydrogen-bond donors (Lipinski definition) is 1. The molecule has 0 saturated heterocycles. The largest absolute Gasteiger partial charge is 0.373 e. The quantitative estimate of drug-likeness (QED) is 0.915. The molecule has 1 aromatic heterocycles. The highest BCUT2D eigenvalue weighted by atomic mass is 79.9. The highest BCUT2D eigenvalue weighted by molar-refractivity contribution is 9.10. The topological polar surface area (TPSA) is 37.8 Å². The highest BCUT2D eigenvalue weighted by Gasteiger charge is 2.19. The third-order valence-corrected chi connectivity index (χ3v) is 4.42. The molecular weight excluding hydrogens is 310 g/mol. The Morgan fingerprint density at radius 3 is 2.67 bits per heavy atom. The molecule has 0 bridgehead atoms. The maximum Gasteiger partial charge on any atom is 0.161 e. The average molecular weight is 322 g/mol. The summed E-state index contributed by atoms with van der Waals surface area (Å²) in [5.74, 6) is 3.75. The first-order valence-electron chi connectivity index (χ1n) is 5.69. The monoisotopic (exact) mass is 321 g/mol. The van der Waals surface area contributed by atoms with Crippen molar-refractivity contribution in [2.45, 2.75) is 11.5 Å². The number of hydrogen-bond acceptors (Lipinski definition) is 4. The zero-order chi connectivity index (χ0) is 12.5. The number of nitrogens with zero attached hydrogens (tertiary/aromatic N) is 2. The zero-order valence-electron chi connectivity index (χ0n) is 9.90. The third kappa shape index (κ3) is 2.12. The summed E-state index contributed by atoms with van der Waals surface area (Å²) in [7, 11) is 1.91. The molecule has 3 nitrogen and oxygen atoms in total. The van der Waals surface area contributed by atoms with Gasteiger partial charge in [0.15, 0.2) is 5.82 Å². The van der Waals surface area contributed by atoms with Crippen molar-refractivity contribution in [3.05, 3.63) is 40.0 Å². The van der Waals surface area contributed by atoms with Crippen molar-refractivity contribution >= 4 is 33.5 Å². The van der Waals surface area contributed by atoms with E-state index in [1.807, 2.05) is 43.1 Å². The van der Waals surface area contributed by atoms with Crippen LogP contribution < -0.4 is 5.32 Å². The van der Waals surface area contributed by atoms with Gasteiger partial charge in [-0.1, -0.05) is 28.1 Å². The number of benzene rings is 1. The van der Waals surface area contributed by atoms with Gasteiger partial charge in [0.1, 0.15) is 5.82 Å². The second-order valence-electron chi connectivity index (χ2n) is 4.07. The number of aromatic nitrogens is 2. The smallest absolute Gasteiger partial charge is 0.161 e. The van der Waals surface area contributed by atoms with Crippen LogP contribution in [0.3, 0.4) is 0 Å². The van der Waals surface area contributed by atoms with Gasteiger partial charge in [-0.15, -0.1) is 0 Å². The second-order valence-corrected chi connectivity index (χ2v) is 5.97. The molecule has 0 fully saturated rings. The Morgan fingerprint density at radius 2 is 1.94 bits per heavy atom. The lowest BCUT2D eigenvalue weighted by Gasteiger charge is -2.09. The Kier molecular flexibility index (Phi) is 3.26. The molecule has 0 spiro atoms. The lowest BCUT2D eigenvalue weighted by Crippen LogP contribution is -2.03. The van der Waals surface area contributed by atoms with Gasteiger partial charge in [0, 0.05) is 34.2 Å². The lowest BCUT2D eigenvalue weighted by atomic mass is 10.2. The number of fused-ring (bicyclic) bond motifs is 1. The Balaban J connectivity index is 2.10. The SMILES string of the molecule is CNc1nc(-c2ccc(Br)cc2)nc2c1CSC2. The molecule has 1 aliphatic heterocycles. The number of thioether (sulfide) groups is 1. The van der Waals surface area contributed by atoms with Crippen LogP contribution in [0.25, 0.3) is 11.4 Å². The van der Waals surface area contributed by atoms with Crippen LogP contribution in [-0.2, 0) is 11.5 Å². The molecule has 0 amide bonds. The molecule has 2 heterocycles. The molecule has 0 aliphatic carbocycles. The van der Waals surface area contributed by atoms with Crippen LogP contribution in [0.2, 0.25) is 0 Å². The minimum atomic E-state index is 0.799. The Hall–Kier alpha value is -1.07. The summed E-state index contributed by atoms with van der Waals surface area (Å²) in [6.07, 6.45) is 0. The number of anilines is 1. The van der Waals surface area contributed by atoms with E-state index in [9.17, 15) is 0 Å². The van der Waals surface area contributed by atoms with Crippen molar-refractivity contribution in [1.29, 1.82) is 0 Å². The fourth-order valence-corrected chi connectivity index (χ4v) is 3.29. The van der Waals surface area contributed by atoms with E-state index in [-0.39, 0.29) is 0 Å². The van der Waals surface area contributed by atoms with Crippen LogP contribution in [0.4, 0.5) is 5.82 Å². The van der Waals surface area contributed by atoms with E-state index in [2.05, 4.69) is 31.2 Å². The molecule has 18 heavy (non-hydrogen) atoms. The molecule has 1 aromatic carbocycles. The fourth-order valence-electron chi connectivity index (χ4n) is 1.99. The van der Waals surface area contributed by atoms with E-state index in [4.69, 9.17) is 0 Å². The zero-order valence-corrected chi connectivity index (χ0v) is 12.3. The molecule has 0 unspecified atom stereocenters. The molecular formula is C13H12BrN3S. The van der Waals surface area contributed by atoms with Crippen LogP contribution in [-0.4, -0.2) is 17.0 Å². The first kappa shape index (κ1) is 12.0. The summed E-state index contributed by atoms with van der Waals surface area (Å²) in [6.45, 7) is 0. The minimum absolute atomic E-state index is 0.799. The van der Waals surface area contributed by atoms with Crippen molar-refractivity contribution in [3.63, 3.8) is 0 Å². The van der Waals surface area contributed by atoms with Crippen LogP contribution in [0, 0.1) is 0 Å². The number of rotatable bonds is 2. The summed E-state index contributed by atoms with van der Waals surface area (Å²) in [4.78, 5) is 9.29. The van der Waals surface area contributed by atoms with Crippen molar-refractivity contribution < 1.29 is 0 Å². The summed E-state index contributed by atoms with van der Waals surface area (Å²) in [6, 6.07) is 8.10. The average Bonchev–Trinajstić information content (AvgIpc) is 2.86. The van der Waals surface area contributed by atoms with Crippen molar-refractivity contribution in [3.8, 4) is 11.4 Å². The maximum atomic E-state index is 4.67. The van der Waals surface area contributed by atoms with Crippen LogP contribution in [0.1, 0.15) is 11.3 Å². The molecule has 0 saturated carbocycles. The van der Waals surface area contributed by atoms with Gasteiger partial charge in [-0.05, 0) is 12.1 Å². The van der Waals surface area contributed by atoms with Gasteiger partial charge in [-0.25, -0.2) is 9.97 Å². The highest BCUT2D eigenvalue weighted by Crippen LogP contribution is 2.34. The second kappa shape index (κ2) is 4.90. The minimum Gasteiger partial charge on any atom is -0.373 e. The molecule has 0 radical (unpaired) electrons. The summed E-state index contributed by atoms with van der Waals surface area (Å²) < 4.78 is 1.07. The van der Waals surface area contributed by atoms with E-state index in [1.165, 1.54) is 5.56 Å². The lowest BCUT2D eigenvalue weighted by molar-refractivity contribution is 1.07. The van der Waals surface area contributed by atoms with E-state index in [1.54, 1.807) is 0 Å². The summed E-state index contributed by atoms with van der Waals surface area (Å²) >= 11 is 5.33. The van der Waals surface area contributed by atoms with E-state index in [0.29, 0.717) is 0 Å². The van der Waals surface area contributed by atoms with Gasteiger partial charge in [0.05, 0.1) is 5.69 Å². The fraction of sp³-hybridized carbons (Fsp3) is 0.231. The Labute approximate surface area is 119 Å². The molecule has 0 atom stereocenters. The van der Waals surface area contributed by atoms with E-state index >= 15 is 0 Å². The van der Waals surface area contributed by atoms with Gasteiger partial charge in [0.25, 0.3) is 0 Å². The normalized spacial score (nSPS) is 13.4. The summed E-state index contributed by atoms with van der Waals surface area (Å²) in [5, 5.41) is 3.18. The van der Waals surface area contributed by atoms with Crippen LogP contribution in [0.15, 0.2) is 28.7 Å². The maximum absolute atomic E-state index is 4.67. The molecule has 2 aromatic rings. The standard InChI is InChI=1S/C13H12BrN3S/c1-15-13-10-6-18-7-11(10)16-12(17-13)8-2-4-9(14)5-3-8/h2-5H,6-7H2,1H3,(H,15,16,17). The first-order valence-corrected chi connectivity index (χ1v) is 7.64. The van der Waals surface area contributed by atoms with E-state index < -0.39 is 0 Å². The molecule has 1 aliphatic rings. The van der Waals surface area contributed by atoms with Crippen LogP contribution in [0.5, 0.6) is 0 Å². The van der Waals surface area contributed by atoms with Crippen LogP contribution >= 0.6 is 27.7 Å².